The van der Waals surface area contributed by atoms with Crippen molar-refractivity contribution in [3.05, 3.63) is 88.9 Å². The quantitative estimate of drug-likeness (QED) is 0.276. The normalized spacial score (nSPS) is 14.0. The maximum absolute atomic E-state index is 13.7. The monoisotopic (exact) mass is 580 g/mol. The average Bonchev–Trinajstić information content (AvgIpc) is 2.98. The number of alkyl halides is 3. The van der Waals surface area contributed by atoms with Gasteiger partial charge in [-0.3, -0.25) is 14.8 Å². The van der Waals surface area contributed by atoms with Crippen LogP contribution in [0.15, 0.2) is 61.1 Å². The van der Waals surface area contributed by atoms with Crippen LogP contribution in [0.5, 0.6) is 0 Å². The molecule has 1 aromatic heterocycles. The molecule has 1 saturated heterocycles. The molecule has 42 heavy (non-hydrogen) atoms. The lowest BCUT2D eigenvalue weighted by molar-refractivity contribution is -0.137. The summed E-state index contributed by atoms with van der Waals surface area (Å²) in [6.45, 7) is 8.38. The molecule has 0 radical (unpaired) electrons. The zero-order valence-electron chi connectivity index (χ0n) is 24.0. The summed E-state index contributed by atoms with van der Waals surface area (Å²) in [5.41, 5.74) is 8.16. The number of piperazine rings is 1. The molecule has 222 valence electrons. The molecule has 2 aromatic carbocycles. The molecule has 9 nitrogen and oxygen atoms in total. The third kappa shape index (κ3) is 7.99. The van der Waals surface area contributed by atoms with Crippen LogP contribution in [0.25, 0.3) is 5.70 Å². The van der Waals surface area contributed by atoms with Gasteiger partial charge in [-0.2, -0.15) is 18.4 Å². The van der Waals surface area contributed by atoms with E-state index in [-0.39, 0.29) is 16.9 Å². The Morgan fingerprint density at radius 2 is 1.76 bits per heavy atom. The number of nitrogens with zero attached hydrogens (tertiary/aromatic N) is 5. The Morgan fingerprint density at radius 3 is 2.40 bits per heavy atom. The molecule has 3 aromatic rings. The van der Waals surface area contributed by atoms with Crippen LogP contribution in [0.4, 0.5) is 30.2 Å². The highest BCUT2D eigenvalue weighted by atomic mass is 19.4. The highest BCUT2D eigenvalue weighted by Crippen LogP contribution is 2.35. The third-order valence-electron chi connectivity index (χ3n) is 6.60. The predicted molar refractivity (Wildman–Crippen MR) is 159 cm³/mol. The predicted octanol–water partition coefficient (Wildman–Crippen LogP) is 4.95. The first kappa shape index (κ1) is 31.9. The van der Waals surface area contributed by atoms with Crippen molar-refractivity contribution >= 4 is 28.7 Å². The first-order chi connectivity index (χ1) is 19.9. The number of nitrogens with one attached hydrogen (secondary N) is 1. The number of pyridine rings is 1. The molecule has 1 amide bonds. The van der Waals surface area contributed by atoms with Gasteiger partial charge in [0, 0.05) is 67.3 Å². The molecule has 0 atom stereocenters. The maximum Gasteiger partial charge on any atom is 0.416 e. The van der Waals surface area contributed by atoms with Crippen molar-refractivity contribution in [1.29, 1.82) is 5.26 Å². The summed E-state index contributed by atoms with van der Waals surface area (Å²) in [6, 6.07) is 11.9. The Kier molecular flexibility index (Phi) is 10.5. The fraction of sp³-hybridized carbons (Fsp3) is 0.300. The van der Waals surface area contributed by atoms with Gasteiger partial charge >= 0.3 is 6.18 Å². The van der Waals surface area contributed by atoms with Crippen molar-refractivity contribution in [2.24, 2.45) is 11.6 Å². The molecular formula is C30H35F3N8O. The minimum absolute atomic E-state index is 0.0366. The van der Waals surface area contributed by atoms with Crippen LogP contribution >= 0.6 is 0 Å². The number of likely N-dealkylation sites (N-methyl/N-ethyl adjacent to an activating group) is 1. The van der Waals surface area contributed by atoms with E-state index >= 15 is 0 Å². The number of hydrogen-bond acceptors (Lipinski definition) is 8. The molecule has 0 aliphatic carbocycles. The van der Waals surface area contributed by atoms with Crippen molar-refractivity contribution in [2.75, 3.05) is 48.5 Å². The molecule has 2 heterocycles. The highest BCUT2D eigenvalue weighted by molar-refractivity contribution is 6.05. The van der Waals surface area contributed by atoms with E-state index in [0.29, 0.717) is 35.6 Å². The SMILES string of the molecule is CC.Cc1ccc(C(=O)Nc2cc(N3CCN(C)CC3)cc(C(F)(F)F)c2)cc1N(N)/C=C(\N)c1cncc(C#N)c1. The number of amides is 1. The van der Waals surface area contributed by atoms with Gasteiger partial charge in [-0.05, 0) is 55.9 Å². The zero-order valence-corrected chi connectivity index (χ0v) is 24.0. The summed E-state index contributed by atoms with van der Waals surface area (Å²) in [5, 5.41) is 12.9. The summed E-state index contributed by atoms with van der Waals surface area (Å²) in [4.78, 5) is 21.1. The zero-order chi connectivity index (χ0) is 31.0. The molecule has 1 aliphatic rings. The van der Waals surface area contributed by atoms with Crippen LogP contribution in [0.3, 0.4) is 0 Å². The standard InChI is InChI=1S/C28H29F3N8O.C2H6/c1-18-3-4-20(10-26(18)39(34)17-25(33)21-9-19(14-32)15-35-16-21)27(40)36-23-11-22(28(29,30)31)12-24(13-23)38-7-5-37(2)6-8-38;1-2/h3-4,9-13,15-17H,5-8,33-34H2,1-2H3,(H,36,40);1-2H3/b25-17-;. The molecule has 4 rings (SSSR count). The number of hydrazine groups is 1. The molecule has 1 aliphatic heterocycles. The van der Waals surface area contributed by atoms with Gasteiger partial charge in [0.15, 0.2) is 0 Å². The average molecular weight is 581 g/mol. The van der Waals surface area contributed by atoms with Crippen LogP contribution in [-0.4, -0.2) is 49.0 Å². The molecule has 0 spiro atoms. The van der Waals surface area contributed by atoms with Gasteiger partial charge in [0.1, 0.15) is 6.07 Å². The number of anilines is 3. The molecule has 0 unspecified atom stereocenters. The smallest absolute Gasteiger partial charge is 0.397 e. The van der Waals surface area contributed by atoms with E-state index in [4.69, 9.17) is 16.8 Å². The summed E-state index contributed by atoms with van der Waals surface area (Å²) in [7, 11) is 1.96. The number of rotatable bonds is 6. The van der Waals surface area contributed by atoms with Crippen LogP contribution in [0.1, 0.15) is 46.5 Å². The van der Waals surface area contributed by atoms with Crippen molar-refractivity contribution in [1.82, 2.24) is 9.88 Å². The number of carbonyl (C=O) groups excluding carboxylic acids is 1. The second kappa shape index (κ2) is 13.8. The Bertz CT molecular complexity index is 1470. The van der Waals surface area contributed by atoms with Gasteiger partial charge in [0.25, 0.3) is 5.91 Å². The largest absolute Gasteiger partial charge is 0.416 e. The number of aryl methyl sites for hydroxylation is 1. The lowest BCUT2D eigenvalue weighted by Gasteiger charge is -2.34. The first-order valence-corrected chi connectivity index (χ1v) is 13.4. The van der Waals surface area contributed by atoms with Crippen LogP contribution < -0.4 is 26.8 Å². The van der Waals surface area contributed by atoms with Crippen LogP contribution in [-0.2, 0) is 6.18 Å². The van der Waals surface area contributed by atoms with Gasteiger partial charge in [0.2, 0.25) is 0 Å². The molecule has 12 heteroatoms. The Hall–Kier alpha value is -4.60. The minimum atomic E-state index is -4.58. The van der Waals surface area contributed by atoms with Crippen LogP contribution in [0, 0.1) is 18.3 Å². The van der Waals surface area contributed by atoms with Gasteiger partial charge in [-0.1, -0.05) is 19.9 Å². The van der Waals surface area contributed by atoms with E-state index in [1.807, 2.05) is 31.9 Å². The number of aromatic nitrogens is 1. The van der Waals surface area contributed by atoms with Crippen molar-refractivity contribution in [3.8, 4) is 6.07 Å². The molecule has 1 fully saturated rings. The number of nitrogens with two attached hydrogens (primary N) is 2. The molecule has 5 N–H and O–H groups in total. The lowest BCUT2D eigenvalue weighted by Crippen LogP contribution is -2.44. The summed E-state index contributed by atoms with van der Waals surface area (Å²) in [6.07, 6.45) is -0.255. The summed E-state index contributed by atoms with van der Waals surface area (Å²) < 4.78 is 41.1. The van der Waals surface area contributed by atoms with E-state index < -0.39 is 17.6 Å². The van der Waals surface area contributed by atoms with Crippen molar-refractivity contribution < 1.29 is 18.0 Å². The van der Waals surface area contributed by atoms with Crippen LogP contribution in [0.2, 0.25) is 0 Å². The number of carbonyl (C=O) groups is 1. The molecule has 0 bridgehead atoms. The lowest BCUT2D eigenvalue weighted by atomic mass is 10.1. The highest BCUT2D eigenvalue weighted by Gasteiger charge is 2.32. The molecule has 0 saturated carbocycles. The van der Waals surface area contributed by atoms with E-state index in [0.717, 1.165) is 30.8 Å². The number of benzene rings is 2. The Labute approximate surface area is 243 Å². The van der Waals surface area contributed by atoms with Crippen molar-refractivity contribution in [3.63, 3.8) is 0 Å². The van der Waals surface area contributed by atoms with Gasteiger partial charge in [-0.15, -0.1) is 0 Å². The first-order valence-electron chi connectivity index (χ1n) is 13.4. The molecular weight excluding hydrogens is 545 g/mol. The summed E-state index contributed by atoms with van der Waals surface area (Å²) >= 11 is 0. The van der Waals surface area contributed by atoms with Gasteiger partial charge in [-0.25, -0.2) is 5.84 Å². The maximum atomic E-state index is 13.7. The van der Waals surface area contributed by atoms with E-state index in [1.54, 1.807) is 31.2 Å². The second-order valence-electron chi connectivity index (χ2n) is 9.58. The fourth-order valence-electron chi connectivity index (χ4n) is 4.28. The Morgan fingerprint density at radius 1 is 1.07 bits per heavy atom. The number of nitriles is 1. The van der Waals surface area contributed by atoms with E-state index in [9.17, 15) is 18.0 Å². The second-order valence-corrected chi connectivity index (χ2v) is 9.58. The Balaban J connectivity index is 0.00000237. The third-order valence-corrected chi connectivity index (χ3v) is 6.60. The van der Waals surface area contributed by atoms with E-state index in [2.05, 4.69) is 15.2 Å². The summed E-state index contributed by atoms with van der Waals surface area (Å²) in [5.74, 6) is 5.64. The minimum Gasteiger partial charge on any atom is -0.397 e. The number of hydrogen-bond donors (Lipinski definition) is 3. The van der Waals surface area contributed by atoms with Crippen molar-refractivity contribution in [2.45, 2.75) is 26.9 Å². The van der Waals surface area contributed by atoms with Gasteiger partial charge < -0.3 is 20.9 Å². The topological polar surface area (TPSA) is 128 Å². The van der Waals surface area contributed by atoms with Gasteiger partial charge in [0.05, 0.1) is 22.5 Å². The number of halogens is 3. The fourth-order valence-corrected chi connectivity index (χ4v) is 4.28. The van der Waals surface area contributed by atoms with E-state index in [1.165, 1.54) is 29.7 Å².